The number of nitrogens with one attached hydrogen (secondary N) is 1. The van der Waals surface area contributed by atoms with Gasteiger partial charge in [0, 0.05) is 11.6 Å². The summed E-state index contributed by atoms with van der Waals surface area (Å²) in [7, 11) is 0. The second kappa shape index (κ2) is 9.82. The second-order valence-electron chi connectivity index (χ2n) is 5.84. The van der Waals surface area contributed by atoms with Crippen molar-refractivity contribution in [2.45, 2.75) is 59.4 Å². The average molecular weight is 277 g/mol. The van der Waals surface area contributed by atoms with Crippen LogP contribution in [0.25, 0.3) is 0 Å². The highest BCUT2D eigenvalue weighted by Crippen LogP contribution is 2.27. The number of ether oxygens (including phenoxy) is 1. The summed E-state index contributed by atoms with van der Waals surface area (Å²) < 4.78 is 6.01. The van der Waals surface area contributed by atoms with E-state index in [1.54, 1.807) is 0 Å². The first-order valence-corrected chi connectivity index (χ1v) is 8.14. The molecule has 0 heterocycles. The molecule has 0 aliphatic rings. The highest BCUT2D eigenvalue weighted by Gasteiger charge is 2.13. The van der Waals surface area contributed by atoms with Gasteiger partial charge >= 0.3 is 0 Å². The fourth-order valence-electron chi connectivity index (χ4n) is 2.37. The smallest absolute Gasteiger partial charge is 0.124 e. The second-order valence-corrected chi connectivity index (χ2v) is 5.84. The highest BCUT2D eigenvalue weighted by molar-refractivity contribution is 5.35. The lowest BCUT2D eigenvalue weighted by Crippen LogP contribution is -2.22. The van der Waals surface area contributed by atoms with E-state index >= 15 is 0 Å². The largest absolute Gasteiger partial charge is 0.493 e. The summed E-state index contributed by atoms with van der Waals surface area (Å²) in [6.07, 6.45) is 4.61. The van der Waals surface area contributed by atoms with Crippen LogP contribution in [-0.2, 0) is 0 Å². The summed E-state index contributed by atoms with van der Waals surface area (Å²) in [6, 6.07) is 8.85. The Morgan fingerprint density at radius 1 is 1.15 bits per heavy atom. The fraction of sp³-hybridized carbons (Fsp3) is 0.667. The first kappa shape index (κ1) is 17.0. The van der Waals surface area contributed by atoms with E-state index in [1.165, 1.54) is 12.0 Å². The fourth-order valence-corrected chi connectivity index (χ4v) is 2.37. The maximum Gasteiger partial charge on any atom is 0.124 e. The van der Waals surface area contributed by atoms with E-state index in [9.17, 15) is 0 Å². The lowest BCUT2D eigenvalue weighted by molar-refractivity contribution is 0.291. The van der Waals surface area contributed by atoms with Crippen LogP contribution in [0.1, 0.15) is 65.0 Å². The maximum atomic E-state index is 6.01. The number of benzene rings is 1. The Morgan fingerprint density at radius 2 is 1.90 bits per heavy atom. The van der Waals surface area contributed by atoms with Gasteiger partial charge in [0.15, 0.2) is 0 Å². The Hall–Kier alpha value is -1.02. The van der Waals surface area contributed by atoms with Gasteiger partial charge in [-0.3, -0.25) is 0 Å². The van der Waals surface area contributed by atoms with E-state index in [0.29, 0.717) is 6.04 Å². The van der Waals surface area contributed by atoms with Crippen LogP contribution in [0.15, 0.2) is 24.3 Å². The predicted molar refractivity (Wildman–Crippen MR) is 87.3 cm³/mol. The summed E-state index contributed by atoms with van der Waals surface area (Å²) in [5, 5.41) is 3.60. The van der Waals surface area contributed by atoms with Crippen molar-refractivity contribution in [1.82, 2.24) is 5.32 Å². The van der Waals surface area contributed by atoms with E-state index in [1.807, 2.05) is 0 Å². The van der Waals surface area contributed by atoms with Crippen LogP contribution < -0.4 is 10.1 Å². The zero-order valence-electron chi connectivity index (χ0n) is 13.6. The number of rotatable bonds is 10. The van der Waals surface area contributed by atoms with Crippen molar-refractivity contribution in [3.63, 3.8) is 0 Å². The third kappa shape index (κ3) is 5.96. The maximum absolute atomic E-state index is 6.01. The van der Waals surface area contributed by atoms with E-state index in [4.69, 9.17) is 4.74 Å². The molecule has 1 atom stereocenters. The van der Waals surface area contributed by atoms with Gasteiger partial charge in [0.25, 0.3) is 0 Å². The molecule has 0 aromatic heterocycles. The first-order chi connectivity index (χ1) is 9.69. The molecule has 2 nitrogen and oxygen atoms in total. The minimum atomic E-state index is 0.399. The molecule has 0 amide bonds. The molecular formula is C18H31NO. The number of hydrogen-bond acceptors (Lipinski definition) is 2. The molecule has 1 N–H and O–H groups in total. The van der Waals surface area contributed by atoms with Crippen molar-refractivity contribution in [3.05, 3.63) is 29.8 Å². The Bertz CT molecular complexity index is 362. The van der Waals surface area contributed by atoms with Crippen molar-refractivity contribution in [2.24, 2.45) is 5.92 Å². The molecule has 0 bridgehead atoms. The summed E-state index contributed by atoms with van der Waals surface area (Å²) in [4.78, 5) is 0. The molecule has 2 heteroatoms. The number of para-hydroxylation sites is 1. The van der Waals surface area contributed by atoms with Gasteiger partial charge in [-0.1, -0.05) is 45.9 Å². The molecular weight excluding hydrogens is 246 g/mol. The Kier molecular flexibility index (Phi) is 8.36. The van der Waals surface area contributed by atoms with Gasteiger partial charge in [0.05, 0.1) is 6.61 Å². The van der Waals surface area contributed by atoms with Crippen LogP contribution in [0, 0.1) is 5.92 Å². The molecule has 1 aromatic carbocycles. The lowest BCUT2D eigenvalue weighted by atomic mass is 10.0. The molecule has 114 valence electrons. The average Bonchev–Trinajstić information content (AvgIpc) is 2.45. The van der Waals surface area contributed by atoms with Crippen LogP contribution >= 0.6 is 0 Å². The van der Waals surface area contributed by atoms with Crippen molar-refractivity contribution < 1.29 is 4.74 Å². The summed E-state index contributed by atoms with van der Waals surface area (Å²) in [6.45, 7) is 10.8. The first-order valence-electron chi connectivity index (χ1n) is 8.14. The molecule has 0 radical (unpaired) electrons. The zero-order chi connectivity index (χ0) is 14.8. The Balaban J connectivity index is 2.61. The minimum Gasteiger partial charge on any atom is -0.493 e. The van der Waals surface area contributed by atoms with Crippen LogP contribution in [0.3, 0.4) is 0 Å². The summed E-state index contributed by atoms with van der Waals surface area (Å²) in [5.74, 6) is 1.80. The Labute approximate surface area is 124 Å². The third-order valence-electron chi connectivity index (χ3n) is 3.53. The number of hydrogen-bond donors (Lipinski definition) is 1. The molecule has 0 aliphatic carbocycles. The molecule has 1 unspecified atom stereocenters. The van der Waals surface area contributed by atoms with E-state index in [0.717, 1.165) is 44.1 Å². The summed E-state index contributed by atoms with van der Waals surface area (Å²) in [5.41, 5.74) is 1.30. The molecule has 1 rings (SSSR count). The molecule has 1 aromatic rings. The lowest BCUT2D eigenvalue weighted by Gasteiger charge is -2.20. The van der Waals surface area contributed by atoms with Gasteiger partial charge in [-0.15, -0.1) is 0 Å². The van der Waals surface area contributed by atoms with Crippen molar-refractivity contribution in [3.8, 4) is 5.75 Å². The highest BCUT2D eigenvalue weighted by atomic mass is 16.5. The normalized spacial score (nSPS) is 12.7. The third-order valence-corrected chi connectivity index (χ3v) is 3.53. The van der Waals surface area contributed by atoms with E-state index in [2.05, 4.69) is 57.3 Å². The predicted octanol–water partition coefficient (Wildman–Crippen LogP) is 4.95. The van der Waals surface area contributed by atoms with Gasteiger partial charge in [-0.05, 0) is 44.2 Å². The van der Waals surface area contributed by atoms with Crippen LogP contribution in [0.4, 0.5) is 0 Å². The van der Waals surface area contributed by atoms with Crippen LogP contribution in [0.5, 0.6) is 5.75 Å². The standard InChI is InChI=1S/C18H31NO/c1-5-13-19-17(6-2)16-11-7-8-12-18(16)20-14-9-10-15(3)4/h7-8,11-12,15,17,19H,5-6,9-10,13-14H2,1-4H3. The quantitative estimate of drug-likeness (QED) is 0.611. The van der Waals surface area contributed by atoms with Crippen molar-refractivity contribution in [1.29, 1.82) is 0 Å². The molecule has 0 fully saturated rings. The SMILES string of the molecule is CCCNC(CC)c1ccccc1OCCCC(C)C. The monoisotopic (exact) mass is 277 g/mol. The van der Waals surface area contributed by atoms with Crippen molar-refractivity contribution >= 4 is 0 Å². The molecule has 20 heavy (non-hydrogen) atoms. The van der Waals surface area contributed by atoms with Gasteiger partial charge in [-0.2, -0.15) is 0 Å². The van der Waals surface area contributed by atoms with Gasteiger partial charge < -0.3 is 10.1 Å². The van der Waals surface area contributed by atoms with E-state index in [-0.39, 0.29) is 0 Å². The van der Waals surface area contributed by atoms with E-state index < -0.39 is 0 Å². The van der Waals surface area contributed by atoms with Gasteiger partial charge in [0.1, 0.15) is 5.75 Å². The van der Waals surface area contributed by atoms with Crippen LogP contribution in [-0.4, -0.2) is 13.2 Å². The molecule has 0 saturated heterocycles. The molecule has 0 saturated carbocycles. The van der Waals surface area contributed by atoms with Gasteiger partial charge in [-0.25, -0.2) is 0 Å². The minimum absolute atomic E-state index is 0.399. The molecule has 0 aliphatic heterocycles. The van der Waals surface area contributed by atoms with Crippen LogP contribution in [0.2, 0.25) is 0 Å². The topological polar surface area (TPSA) is 21.3 Å². The summed E-state index contributed by atoms with van der Waals surface area (Å²) >= 11 is 0. The van der Waals surface area contributed by atoms with Crippen molar-refractivity contribution in [2.75, 3.05) is 13.2 Å². The van der Waals surface area contributed by atoms with Gasteiger partial charge in [0.2, 0.25) is 0 Å². The molecule has 0 spiro atoms. The Morgan fingerprint density at radius 3 is 2.55 bits per heavy atom. The zero-order valence-corrected chi connectivity index (χ0v) is 13.6.